The van der Waals surface area contributed by atoms with Crippen LogP contribution in [0.3, 0.4) is 0 Å². The quantitative estimate of drug-likeness (QED) is 0.253. The summed E-state index contributed by atoms with van der Waals surface area (Å²) in [5.74, 6) is 0.468. The highest BCUT2D eigenvalue weighted by Gasteiger charge is 2.14. The van der Waals surface area contributed by atoms with Crippen LogP contribution >= 0.6 is 34.7 Å². The molecule has 2 aromatic heterocycles. The second-order valence-electron chi connectivity index (χ2n) is 5.34. The lowest BCUT2D eigenvalue weighted by atomic mass is 10.2. The van der Waals surface area contributed by atoms with Crippen LogP contribution in [-0.4, -0.2) is 28.2 Å². The molecule has 0 N–H and O–H groups in total. The molecule has 0 atom stereocenters. The Bertz CT molecular complexity index is 1020. The number of thioether (sulfide) groups is 1. The average Bonchev–Trinajstić information content (AvgIpc) is 3.08. The molecule has 0 saturated carbocycles. The summed E-state index contributed by atoms with van der Waals surface area (Å²) in [6.45, 7) is 0.741. The number of methoxy groups -OCH3 is 1. The first-order valence-electron chi connectivity index (χ1n) is 7.53. The summed E-state index contributed by atoms with van der Waals surface area (Å²) in [5, 5.41) is 14.2. The minimum Gasteiger partial charge on any atom is -0.383 e. The third-order valence-electron chi connectivity index (χ3n) is 3.59. The number of benzene rings is 1. The van der Waals surface area contributed by atoms with Crippen molar-refractivity contribution in [2.24, 2.45) is 0 Å². The summed E-state index contributed by atoms with van der Waals surface area (Å²) >= 11 is 8.44. The van der Waals surface area contributed by atoms with Crippen LogP contribution in [0, 0.1) is 10.1 Å². The van der Waals surface area contributed by atoms with Gasteiger partial charge < -0.3 is 4.74 Å². The van der Waals surface area contributed by atoms with Gasteiger partial charge in [-0.05, 0) is 23.8 Å². The van der Waals surface area contributed by atoms with Gasteiger partial charge in [0.1, 0.15) is 0 Å². The minimum atomic E-state index is -0.413. The average molecular weight is 412 g/mol. The van der Waals surface area contributed by atoms with E-state index in [2.05, 4.69) is 4.98 Å². The van der Waals surface area contributed by atoms with Crippen LogP contribution in [0.25, 0.3) is 10.9 Å². The van der Waals surface area contributed by atoms with Crippen LogP contribution < -0.4 is 5.56 Å². The Balaban J connectivity index is 1.95. The molecule has 0 fully saturated rings. The first kappa shape index (κ1) is 18.8. The standard InChI is InChI=1S/C16H14ClN3O4S2/c1-24-5-4-19-15(21)12-3-2-11(17)7-13(12)18-16(19)26-9-10-6-14(20(22)23)25-8-10/h2-3,6-8H,4-5,9H2,1H3. The number of nitro groups is 1. The van der Waals surface area contributed by atoms with E-state index in [0.29, 0.717) is 40.0 Å². The molecule has 3 aromatic rings. The molecule has 0 amide bonds. The topological polar surface area (TPSA) is 87.3 Å². The number of halogens is 1. The van der Waals surface area contributed by atoms with Crippen LogP contribution in [0.2, 0.25) is 5.02 Å². The van der Waals surface area contributed by atoms with Crippen LogP contribution in [0.4, 0.5) is 5.00 Å². The zero-order valence-electron chi connectivity index (χ0n) is 13.7. The summed E-state index contributed by atoms with van der Waals surface area (Å²) in [6.07, 6.45) is 0. The molecule has 10 heteroatoms. The third kappa shape index (κ3) is 4.07. The van der Waals surface area contributed by atoms with Gasteiger partial charge in [-0.2, -0.15) is 0 Å². The highest BCUT2D eigenvalue weighted by Crippen LogP contribution is 2.28. The van der Waals surface area contributed by atoms with Crippen LogP contribution in [0.5, 0.6) is 0 Å². The Labute approximate surface area is 161 Å². The highest BCUT2D eigenvalue weighted by atomic mass is 35.5. The van der Waals surface area contributed by atoms with E-state index in [4.69, 9.17) is 16.3 Å². The lowest BCUT2D eigenvalue weighted by Gasteiger charge is -2.12. The van der Waals surface area contributed by atoms with Crippen molar-refractivity contribution in [1.82, 2.24) is 9.55 Å². The molecule has 136 valence electrons. The first-order valence-corrected chi connectivity index (χ1v) is 9.77. The molecule has 0 spiro atoms. The molecular weight excluding hydrogens is 398 g/mol. The summed E-state index contributed by atoms with van der Waals surface area (Å²) in [4.78, 5) is 27.8. The normalized spacial score (nSPS) is 11.2. The van der Waals surface area contributed by atoms with Crippen molar-refractivity contribution in [3.8, 4) is 0 Å². The molecule has 7 nitrogen and oxygen atoms in total. The van der Waals surface area contributed by atoms with E-state index >= 15 is 0 Å². The largest absolute Gasteiger partial charge is 0.383 e. The number of ether oxygens (including phenoxy) is 1. The van der Waals surface area contributed by atoms with Crippen LogP contribution in [-0.2, 0) is 17.0 Å². The van der Waals surface area contributed by atoms with Crippen LogP contribution in [0.1, 0.15) is 5.56 Å². The maximum absolute atomic E-state index is 12.8. The van der Waals surface area contributed by atoms with Gasteiger partial charge in [0.25, 0.3) is 5.56 Å². The van der Waals surface area contributed by atoms with Gasteiger partial charge in [-0.25, -0.2) is 4.98 Å². The van der Waals surface area contributed by atoms with E-state index in [-0.39, 0.29) is 10.6 Å². The second-order valence-corrected chi connectivity index (χ2v) is 7.61. The number of hydrogen-bond donors (Lipinski definition) is 0. The summed E-state index contributed by atoms with van der Waals surface area (Å²) in [6, 6.07) is 6.50. The summed E-state index contributed by atoms with van der Waals surface area (Å²) in [7, 11) is 1.57. The molecule has 2 heterocycles. The minimum absolute atomic E-state index is 0.0932. The Kier molecular flexibility index (Phi) is 5.92. The number of rotatable bonds is 7. The van der Waals surface area contributed by atoms with Crippen molar-refractivity contribution < 1.29 is 9.66 Å². The Hall–Kier alpha value is -1.94. The van der Waals surface area contributed by atoms with E-state index in [0.717, 1.165) is 16.9 Å². The number of aromatic nitrogens is 2. The Morgan fingerprint density at radius 3 is 2.92 bits per heavy atom. The molecule has 26 heavy (non-hydrogen) atoms. The molecule has 0 aliphatic carbocycles. The number of fused-ring (bicyclic) bond motifs is 1. The fraction of sp³-hybridized carbons (Fsp3) is 0.250. The van der Waals surface area contributed by atoms with Gasteiger partial charge in [-0.15, -0.1) is 0 Å². The van der Waals surface area contributed by atoms with E-state index in [1.165, 1.54) is 17.8 Å². The summed E-state index contributed by atoms with van der Waals surface area (Å²) in [5.41, 5.74) is 1.17. The molecule has 0 aliphatic heterocycles. The SMILES string of the molecule is COCCn1c(SCc2csc([N+](=O)[O-])c2)nc2cc(Cl)ccc2c1=O. The van der Waals surface area contributed by atoms with Gasteiger partial charge >= 0.3 is 5.00 Å². The Morgan fingerprint density at radius 2 is 2.23 bits per heavy atom. The van der Waals surface area contributed by atoms with Gasteiger partial charge in [-0.3, -0.25) is 19.5 Å². The Morgan fingerprint density at radius 1 is 1.42 bits per heavy atom. The van der Waals surface area contributed by atoms with Crippen molar-refractivity contribution in [3.63, 3.8) is 0 Å². The first-order chi connectivity index (χ1) is 12.5. The molecule has 3 rings (SSSR count). The van der Waals surface area contributed by atoms with Crippen LogP contribution in [0.15, 0.2) is 39.6 Å². The van der Waals surface area contributed by atoms with Gasteiger partial charge in [0, 0.05) is 29.3 Å². The fourth-order valence-electron chi connectivity index (χ4n) is 2.35. The zero-order valence-corrected chi connectivity index (χ0v) is 16.1. The van der Waals surface area contributed by atoms with E-state index in [1.807, 2.05) is 0 Å². The van der Waals surface area contributed by atoms with E-state index < -0.39 is 4.92 Å². The van der Waals surface area contributed by atoms with E-state index in [1.54, 1.807) is 35.3 Å². The van der Waals surface area contributed by atoms with Gasteiger partial charge in [0.05, 0.1) is 29.0 Å². The maximum atomic E-state index is 12.8. The van der Waals surface area contributed by atoms with Crippen molar-refractivity contribution in [1.29, 1.82) is 0 Å². The molecular formula is C16H14ClN3O4S2. The number of thiophene rings is 1. The van der Waals surface area contributed by atoms with Crippen molar-refractivity contribution >= 4 is 50.6 Å². The van der Waals surface area contributed by atoms with E-state index in [9.17, 15) is 14.9 Å². The molecule has 0 unspecified atom stereocenters. The third-order valence-corrected chi connectivity index (χ3v) is 5.80. The molecule has 0 saturated heterocycles. The maximum Gasteiger partial charge on any atom is 0.324 e. The van der Waals surface area contributed by atoms with Crippen molar-refractivity contribution in [2.45, 2.75) is 17.5 Å². The smallest absolute Gasteiger partial charge is 0.324 e. The molecule has 1 aromatic carbocycles. The van der Waals surface area contributed by atoms with Crippen molar-refractivity contribution in [2.75, 3.05) is 13.7 Å². The van der Waals surface area contributed by atoms with Crippen molar-refractivity contribution in [3.05, 3.63) is 60.7 Å². The lowest BCUT2D eigenvalue weighted by molar-refractivity contribution is -0.380. The highest BCUT2D eigenvalue weighted by molar-refractivity contribution is 7.98. The monoisotopic (exact) mass is 411 g/mol. The predicted octanol–water partition coefficient (Wildman–Crippen LogP) is 3.96. The van der Waals surface area contributed by atoms with Gasteiger partial charge in [0.15, 0.2) is 5.16 Å². The number of hydrogen-bond acceptors (Lipinski definition) is 7. The zero-order chi connectivity index (χ0) is 18.7. The fourth-order valence-corrected chi connectivity index (χ4v) is 4.30. The van der Waals surface area contributed by atoms with Gasteiger partial charge in [-0.1, -0.05) is 34.7 Å². The van der Waals surface area contributed by atoms with Gasteiger partial charge in [0.2, 0.25) is 0 Å². The molecule has 0 aliphatic rings. The molecule has 0 bridgehead atoms. The summed E-state index contributed by atoms with van der Waals surface area (Å²) < 4.78 is 6.65. The molecule has 0 radical (unpaired) electrons. The lowest BCUT2D eigenvalue weighted by Crippen LogP contribution is -2.25. The second kappa shape index (κ2) is 8.17. The number of nitrogens with zero attached hydrogens (tertiary/aromatic N) is 3. The predicted molar refractivity (Wildman–Crippen MR) is 103 cm³/mol.